The van der Waals surface area contributed by atoms with Gasteiger partial charge in [0.2, 0.25) is 5.91 Å². The van der Waals surface area contributed by atoms with Gasteiger partial charge in [-0.05, 0) is 37.6 Å². The molecule has 3 aromatic rings. The zero-order valence-electron chi connectivity index (χ0n) is 15.8. The van der Waals surface area contributed by atoms with Crippen molar-refractivity contribution in [2.45, 2.75) is 36.7 Å². The number of nitrogens with one attached hydrogen (secondary N) is 1. The molecular formula is C20H19Cl3N4OS. The lowest BCUT2D eigenvalue weighted by Crippen LogP contribution is -2.30. The zero-order valence-corrected chi connectivity index (χ0v) is 18.9. The first kappa shape index (κ1) is 22.0. The average molecular weight is 470 g/mol. The van der Waals surface area contributed by atoms with Gasteiger partial charge in [-0.3, -0.25) is 9.36 Å². The van der Waals surface area contributed by atoms with Crippen LogP contribution >= 0.6 is 46.6 Å². The van der Waals surface area contributed by atoms with Crippen molar-refractivity contribution >= 4 is 52.5 Å². The molecule has 0 bridgehead atoms. The minimum absolute atomic E-state index is 0.173. The topological polar surface area (TPSA) is 59.8 Å². The van der Waals surface area contributed by atoms with E-state index in [1.807, 2.05) is 10.6 Å². The number of amides is 1. The first-order chi connectivity index (χ1) is 13.8. The number of hydrogen-bond donors (Lipinski definition) is 1. The molecule has 152 valence electrons. The van der Waals surface area contributed by atoms with E-state index in [4.69, 9.17) is 34.8 Å². The van der Waals surface area contributed by atoms with E-state index in [1.54, 1.807) is 25.1 Å². The van der Waals surface area contributed by atoms with E-state index in [0.717, 1.165) is 5.75 Å². The van der Waals surface area contributed by atoms with Gasteiger partial charge >= 0.3 is 0 Å². The molecule has 0 spiro atoms. The van der Waals surface area contributed by atoms with Crippen LogP contribution in [0.5, 0.6) is 0 Å². The minimum atomic E-state index is -0.638. The van der Waals surface area contributed by atoms with Crippen LogP contribution in [0.3, 0.4) is 0 Å². The van der Waals surface area contributed by atoms with Crippen LogP contribution in [0, 0.1) is 6.92 Å². The maximum Gasteiger partial charge on any atom is 0.238 e. The molecule has 0 aliphatic heterocycles. The summed E-state index contributed by atoms with van der Waals surface area (Å²) in [6.07, 6.45) is 0. The van der Waals surface area contributed by atoms with Crippen molar-refractivity contribution < 1.29 is 4.79 Å². The van der Waals surface area contributed by atoms with Crippen molar-refractivity contribution in [3.8, 4) is 5.69 Å². The molecule has 29 heavy (non-hydrogen) atoms. The van der Waals surface area contributed by atoms with Crippen molar-refractivity contribution in [3.63, 3.8) is 0 Å². The molecular weight excluding hydrogens is 451 g/mol. The van der Waals surface area contributed by atoms with Gasteiger partial charge in [-0.2, -0.15) is 0 Å². The van der Waals surface area contributed by atoms with Gasteiger partial charge in [0.15, 0.2) is 11.0 Å². The van der Waals surface area contributed by atoms with E-state index in [-0.39, 0.29) is 12.5 Å². The predicted octanol–water partition coefficient (Wildman–Crippen LogP) is 5.42. The third-order valence-electron chi connectivity index (χ3n) is 4.08. The number of aryl methyl sites for hydroxylation is 1. The molecule has 0 saturated carbocycles. The Morgan fingerprint density at radius 3 is 2.69 bits per heavy atom. The van der Waals surface area contributed by atoms with E-state index in [1.165, 1.54) is 22.9 Å². The van der Waals surface area contributed by atoms with Crippen LogP contribution in [0.2, 0.25) is 10.0 Å². The fourth-order valence-electron chi connectivity index (χ4n) is 2.67. The molecule has 5 nitrogen and oxygen atoms in total. The highest BCUT2D eigenvalue weighted by Crippen LogP contribution is 2.30. The Morgan fingerprint density at radius 1 is 1.21 bits per heavy atom. The molecule has 0 saturated heterocycles. The van der Waals surface area contributed by atoms with Gasteiger partial charge in [-0.25, -0.2) is 0 Å². The lowest BCUT2D eigenvalue weighted by atomic mass is 10.2. The number of thioether (sulfide) groups is 1. The Kier molecular flexibility index (Phi) is 7.46. The Morgan fingerprint density at radius 2 is 2.00 bits per heavy atom. The van der Waals surface area contributed by atoms with Crippen LogP contribution in [0.25, 0.3) is 5.69 Å². The smallest absolute Gasteiger partial charge is 0.238 e. The predicted molar refractivity (Wildman–Crippen MR) is 119 cm³/mol. The molecule has 0 fully saturated rings. The monoisotopic (exact) mass is 468 g/mol. The molecule has 0 aliphatic rings. The standard InChI is InChI=1S/C20H19Cl3N4OS/c1-12-4-3-5-14(8-12)11-29-20-26-25-18(10-24-19(28)13(2)21)27(20)17-7-6-15(22)9-16(17)23/h3-9,13H,10-11H2,1-2H3,(H,24,28). The fraction of sp³-hybridized carbons (Fsp3) is 0.250. The van der Waals surface area contributed by atoms with Gasteiger partial charge in [0.25, 0.3) is 0 Å². The molecule has 1 atom stereocenters. The van der Waals surface area contributed by atoms with Gasteiger partial charge in [-0.15, -0.1) is 21.8 Å². The zero-order chi connectivity index (χ0) is 21.0. The number of alkyl halides is 1. The largest absolute Gasteiger partial charge is 0.348 e. The van der Waals surface area contributed by atoms with Crippen molar-refractivity contribution in [1.29, 1.82) is 0 Å². The first-order valence-electron chi connectivity index (χ1n) is 8.85. The number of hydrogen-bond acceptors (Lipinski definition) is 4. The normalized spacial score (nSPS) is 12.0. The van der Waals surface area contributed by atoms with Crippen molar-refractivity contribution in [1.82, 2.24) is 20.1 Å². The van der Waals surface area contributed by atoms with Crippen molar-refractivity contribution in [2.75, 3.05) is 0 Å². The highest BCUT2D eigenvalue weighted by atomic mass is 35.5. The molecule has 3 rings (SSSR count). The minimum Gasteiger partial charge on any atom is -0.348 e. The lowest BCUT2D eigenvalue weighted by Gasteiger charge is -2.13. The van der Waals surface area contributed by atoms with Gasteiger partial charge in [0.1, 0.15) is 5.38 Å². The summed E-state index contributed by atoms with van der Waals surface area (Å²) in [6.45, 7) is 3.84. The summed E-state index contributed by atoms with van der Waals surface area (Å²) >= 11 is 19.9. The molecule has 1 heterocycles. The maximum absolute atomic E-state index is 11.9. The molecule has 1 aromatic heterocycles. The Bertz CT molecular complexity index is 1020. The van der Waals surface area contributed by atoms with Gasteiger partial charge in [-0.1, -0.05) is 64.8 Å². The summed E-state index contributed by atoms with van der Waals surface area (Å²) in [5.41, 5.74) is 3.07. The van der Waals surface area contributed by atoms with Crippen LogP contribution < -0.4 is 5.32 Å². The van der Waals surface area contributed by atoms with Crippen LogP contribution in [-0.2, 0) is 17.1 Å². The number of benzene rings is 2. The molecule has 2 aromatic carbocycles. The number of aromatic nitrogens is 3. The third kappa shape index (κ3) is 5.66. The van der Waals surface area contributed by atoms with Gasteiger partial charge < -0.3 is 5.32 Å². The molecule has 1 amide bonds. The quantitative estimate of drug-likeness (QED) is 0.371. The van der Waals surface area contributed by atoms with Crippen molar-refractivity contribution in [2.24, 2.45) is 0 Å². The number of carbonyl (C=O) groups is 1. The van der Waals surface area contributed by atoms with Gasteiger partial charge in [0, 0.05) is 10.8 Å². The van der Waals surface area contributed by atoms with Crippen molar-refractivity contribution in [3.05, 3.63) is 69.5 Å². The lowest BCUT2D eigenvalue weighted by molar-refractivity contribution is -0.120. The van der Waals surface area contributed by atoms with E-state index in [2.05, 4.69) is 40.6 Å². The van der Waals surface area contributed by atoms with Gasteiger partial charge in [0.05, 0.1) is 17.3 Å². The Balaban J connectivity index is 1.91. The first-order valence-corrected chi connectivity index (χ1v) is 11.0. The Labute approximate surface area is 188 Å². The second-order valence-electron chi connectivity index (χ2n) is 6.44. The highest BCUT2D eigenvalue weighted by Gasteiger charge is 2.18. The van der Waals surface area contributed by atoms with Crippen LogP contribution in [-0.4, -0.2) is 26.0 Å². The molecule has 1 unspecified atom stereocenters. The summed E-state index contributed by atoms with van der Waals surface area (Å²) in [5.74, 6) is 0.986. The number of rotatable bonds is 7. The third-order valence-corrected chi connectivity index (χ3v) is 5.82. The number of carbonyl (C=O) groups excluding carboxylic acids is 1. The second-order valence-corrected chi connectivity index (χ2v) is 8.88. The molecule has 0 aliphatic carbocycles. The SMILES string of the molecule is Cc1cccc(CSc2nnc(CNC(=O)C(C)Cl)n2-c2ccc(Cl)cc2Cl)c1. The number of nitrogens with zero attached hydrogens (tertiary/aromatic N) is 3. The highest BCUT2D eigenvalue weighted by molar-refractivity contribution is 7.98. The van der Waals surface area contributed by atoms with Crippen LogP contribution in [0.1, 0.15) is 23.9 Å². The number of halogens is 3. The van der Waals surface area contributed by atoms with E-state index in [0.29, 0.717) is 26.7 Å². The summed E-state index contributed by atoms with van der Waals surface area (Å²) in [6, 6.07) is 13.5. The maximum atomic E-state index is 11.9. The summed E-state index contributed by atoms with van der Waals surface area (Å²) in [5, 5.41) is 12.4. The summed E-state index contributed by atoms with van der Waals surface area (Å²) in [7, 11) is 0. The average Bonchev–Trinajstić information content (AvgIpc) is 3.07. The van der Waals surface area contributed by atoms with Crippen LogP contribution in [0.15, 0.2) is 47.6 Å². The summed E-state index contributed by atoms with van der Waals surface area (Å²) in [4.78, 5) is 11.9. The van der Waals surface area contributed by atoms with E-state index in [9.17, 15) is 4.79 Å². The Hall–Kier alpha value is -1.73. The van der Waals surface area contributed by atoms with Crippen LogP contribution in [0.4, 0.5) is 0 Å². The molecule has 0 radical (unpaired) electrons. The van der Waals surface area contributed by atoms with E-state index < -0.39 is 5.38 Å². The fourth-order valence-corrected chi connectivity index (χ4v) is 4.15. The molecule has 1 N–H and O–H groups in total. The second kappa shape index (κ2) is 9.85. The van der Waals surface area contributed by atoms with E-state index >= 15 is 0 Å². The molecule has 9 heteroatoms. The summed E-state index contributed by atoms with van der Waals surface area (Å²) < 4.78 is 1.83.